The van der Waals surface area contributed by atoms with Crippen LogP contribution in [0.3, 0.4) is 0 Å². The molecule has 0 saturated carbocycles. The Bertz CT molecular complexity index is 834. The molecule has 25 heavy (non-hydrogen) atoms. The minimum atomic E-state index is -0.450. The summed E-state index contributed by atoms with van der Waals surface area (Å²) < 4.78 is 7.24. The third-order valence-electron chi connectivity index (χ3n) is 4.47. The number of aromatic nitrogens is 1. The highest BCUT2D eigenvalue weighted by molar-refractivity contribution is 6.05. The van der Waals surface area contributed by atoms with E-state index in [1.807, 2.05) is 13.0 Å². The van der Waals surface area contributed by atoms with Gasteiger partial charge in [-0.3, -0.25) is 9.59 Å². The van der Waals surface area contributed by atoms with Gasteiger partial charge in [-0.2, -0.15) is 0 Å². The number of aryl methyl sites for hydroxylation is 2. The fraction of sp³-hybridized carbons (Fsp3) is 0.368. The summed E-state index contributed by atoms with van der Waals surface area (Å²) in [5.41, 5.74) is 1.82. The number of phenols is 1. The molecular formula is C19H22N2O4. The van der Waals surface area contributed by atoms with Crippen molar-refractivity contribution in [2.24, 2.45) is 0 Å². The highest BCUT2D eigenvalue weighted by atomic mass is 16.5. The molecule has 1 aromatic carbocycles. The topological polar surface area (TPSA) is 80.6 Å². The lowest BCUT2D eigenvalue weighted by Crippen LogP contribution is -2.34. The molecule has 2 N–H and O–H groups in total. The lowest BCUT2D eigenvalue weighted by molar-refractivity contribution is 0.0947. The van der Waals surface area contributed by atoms with E-state index in [2.05, 4.69) is 5.32 Å². The molecule has 1 aromatic heterocycles. The zero-order chi connectivity index (χ0) is 18.0. The van der Waals surface area contributed by atoms with Crippen molar-refractivity contribution in [2.45, 2.75) is 39.3 Å². The van der Waals surface area contributed by atoms with Gasteiger partial charge < -0.3 is 19.7 Å². The van der Waals surface area contributed by atoms with E-state index in [0.29, 0.717) is 17.8 Å². The number of nitrogens with zero attached hydrogens (tertiary/aromatic N) is 1. The van der Waals surface area contributed by atoms with Crippen molar-refractivity contribution in [3.8, 4) is 5.75 Å². The summed E-state index contributed by atoms with van der Waals surface area (Å²) in [5.74, 6) is -0.335. The van der Waals surface area contributed by atoms with E-state index in [9.17, 15) is 14.7 Å². The maximum absolute atomic E-state index is 12.9. The van der Waals surface area contributed by atoms with Crippen LogP contribution in [0, 0.1) is 13.8 Å². The number of ether oxygens (including phenoxy) is 1. The van der Waals surface area contributed by atoms with Crippen molar-refractivity contribution >= 4 is 11.6 Å². The minimum Gasteiger partial charge on any atom is -0.508 e. The van der Waals surface area contributed by atoms with Crippen LogP contribution in [0.4, 0.5) is 5.69 Å². The van der Waals surface area contributed by atoms with Crippen molar-refractivity contribution in [3.05, 3.63) is 57.5 Å². The molecule has 3 rings (SSSR count). The zero-order valence-electron chi connectivity index (χ0n) is 14.4. The molecule has 1 amide bonds. The average Bonchev–Trinajstić information content (AvgIpc) is 3.06. The number of rotatable bonds is 4. The van der Waals surface area contributed by atoms with Gasteiger partial charge in [-0.05, 0) is 62.6 Å². The van der Waals surface area contributed by atoms with E-state index in [-0.39, 0.29) is 23.0 Å². The molecular weight excluding hydrogens is 320 g/mol. The van der Waals surface area contributed by atoms with Gasteiger partial charge in [-0.15, -0.1) is 0 Å². The van der Waals surface area contributed by atoms with E-state index < -0.39 is 5.91 Å². The summed E-state index contributed by atoms with van der Waals surface area (Å²) in [7, 11) is 0. The first-order chi connectivity index (χ1) is 12.0. The number of phenolic OH excluding ortho intramolecular Hbond substituents is 1. The van der Waals surface area contributed by atoms with Crippen LogP contribution in [0.1, 0.15) is 34.5 Å². The van der Waals surface area contributed by atoms with Crippen molar-refractivity contribution in [1.82, 2.24) is 4.57 Å². The fourth-order valence-electron chi connectivity index (χ4n) is 3.16. The second-order valence-electron chi connectivity index (χ2n) is 6.40. The monoisotopic (exact) mass is 342 g/mol. The smallest absolute Gasteiger partial charge is 0.263 e. The van der Waals surface area contributed by atoms with E-state index >= 15 is 0 Å². The second kappa shape index (κ2) is 7.11. The number of anilines is 1. The van der Waals surface area contributed by atoms with E-state index in [1.54, 1.807) is 23.6 Å². The fourth-order valence-corrected chi connectivity index (χ4v) is 3.16. The third kappa shape index (κ3) is 3.74. The van der Waals surface area contributed by atoms with E-state index in [1.165, 1.54) is 12.1 Å². The van der Waals surface area contributed by atoms with Crippen molar-refractivity contribution in [3.63, 3.8) is 0 Å². The Morgan fingerprint density at radius 3 is 2.68 bits per heavy atom. The molecule has 0 bridgehead atoms. The maximum atomic E-state index is 12.9. The molecule has 2 aromatic rings. The van der Waals surface area contributed by atoms with Gasteiger partial charge in [-0.1, -0.05) is 0 Å². The average molecular weight is 342 g/mol. The number of amides is 1. The van der Waals surface area contributed by atoms with Gasteiger partial charge in [0.15, 0.2) is 0 Å². The predicted molar refractivity (Wildman–Crippen MR) is 95.2 cm³/mol. The van der Waals surface area contributed by atoms with Gasteiger partial charge in [0.1, 0.15) is 11.3 Å². The van der Waals surface area contributed by atoms with Crippen LogP contribution in [0.5, 0.6) is 5.75 Å². The Morgan fingerprint density at radius 2 is 2.04 bits per heavy atom. The third-order valence-corrected chi connectivity index (χ3v) is 4.47. The van der Waals surface area contributed by atoms with Crippen molar-refractivity contribution < 1.29 is 14.6 Å². The van der Waals surface area contributed by atoms with Crippen LogP contribution in [0.2, 0.25) is 0 Å². The summed E-state index contributed by atoms with van der Waals surface area (Å²) >= 11 is 0. The zero-order valence-corrected chi connectivity index (χ0v) is 14.4. The number of aromatic hydroxyl groups is 1. The quantitative estimate of drug-likeness (QED) is 0.837. The Kier molecular flexibility index (Phi) is 4.90. The number of hydrogen-bond donors (Lipinski definition) is 2. The molecule has 132 valence electrons. The summed E-state index contributed by atoms with van der Waals surface area (Å²) in [5, 5.41) is 12.0. The van der Waals surface area contributed by atoms with Crippen LogP contribution in [0.15, 0.2) is 35.1 Å². The van der Waals surface area contributed by atoms with Gasteiger partial charge in [0.2, 0.25) is 0 Å². The summed E-state index contributed by atoms with van der Waals surface area (Å²) in [6, 6.07) is 7.98. The molecule has 0 aliphatic carbocycles. The Labute approximate surface area is 146 Å². The lowest BCUT2D eigenvalue weighted by atomic mass is 10.1. The van der Waals surface area contributed by atoms with Crippen LogP contribution < -0.4 is 10.9 Å². The molecule has 2 heterocycles. The maximum Gasteiger partial charge on any atom is 0.263 e. The first-order valence-electron chi connectivity index (χ1n) is 8.38. The van der Waals surface area contributed by atoms with Crippen LogP contribution >= 0.6 is 0 Å². The summed E-state index contributed by atoms with van der Waals surface area (Å²) in [6.07, 6.45) is 1.94. The molecule has 1 aliphatic heterocycles. The van der Waals surface area contributed by atoms with Crippen LogP contribution in [0.25, 0.3) is 0 Å². The van der Waals surface area contributed by atoms with Gasteiger partial charge in [0.05, 0.1) is 12.6 Å². The molecule has 6 nitrogen and oxygen atoms in total. The van der Waals surface area contributed by atoms with Crippen molar-refractivity contribution in [2.75, 3.05) is 11.9 Å². The van der Waals surface area contributed by atoms with Crippen LogP contribution in [-0.2, 0) is 11.3 Å². The van der Waals surface area contributed by atoms with Crippen LogP contribution in [-0.4, -0.2) is 28.3 Å². The largest absolute Gasteiger partial charge is 0.508 e. The molecule has 1 fully saturated rings. The number of carbonyl (C=O) groups is 1. The Hall–Kier alpha value is -2.60. The Balaban J connectivity index is 1.90. The molecule has 0 spiro atoms. The van der Waals surface area contributed by atoms with Gasteiger partial charge in [0.25, 0.3) is 11.5 Å². The number of carbonyl (C=O) groups excluding carboxylic acids is 1. The predicted octanol–water partition coefficient (Wildman–Crippen LogP) is 2.60. The first-order valence-corrected chi connectivity index (χ1v) is 8.38. The number of nitrogens with one attached hydrogen (secondary N) is 1. The molecule has 1 aliphatic rings. The number of pyridine rings is 1. The van der Waals surface area contributed by atoms with Gasteiger partial charge in [0, 0.05) is 18.0 Å². The lowest BCUT2D eigenvalue weighted by Gasteiger charge is -2.17. The number of hydrogen-bond acceptors (Lipinski definition) is 4. The highest BCUT2D eigenvalue weighted by Gasteiger charge is 2.22. The Morgan fingerprint density at radius 1 is 1.32 bits per heavy atom. The van der Waals surface area contributed by atoms with Gasteiger partial charge >= 0.3 is 0 Å². The molecule has 0 unspecified atom stereocenters. The number of benzene rings is 1. The molecule has 1 saturated heterocycles. The first kappa shape index (κ1) is 17.2. The normalized spacial score (nSPS) is 16.8. The molecule has 0 radical (unpaired) electrons. The molecule has 1 atom stereocenters. The second-order valence-corrected chi connectivity index (χ2v) is 6.40. The summed E-state index contributed by atoms with van der Waals surface area (Å²) in [4.78, 5) is 25.5. The van der Waals surface area contributed by atoms with Gasteiger partial charge in [-0.25, -0.2) is 0 Å². The van der Waals surface area contributed by atoms with Crippen molar-refractivity contribution in [1.29, 1.82) is 0 Å². The standard InChI is InChI=1S/C19H22N2O4/c1-12-10-13(2)21(11-16-4-3-9-25-16)19(24)17(12)18(23)20-14-5-7-15(22)8-6-14/h5-8,10,16,22H,3-4,9,11H2,1-2H3,(H,20,23)/t16-/m0/s1. The molecule has 6 heteroatoms. The minimum absolute atomic E-state index is 0.0205. The van der Waals surface area contributed by atoms with E-state index in [0.717, 1.165) is 25.1 Å². The highest BCUT2D eigenvalue weighted by Crippen LogP contribution is 2.17. The van der Waals surface area contributed by atoms with E-state index in [4.69, 9.17) is 4.74 Å². The SMILES string of the molecule is Cc1cc(C)n(C[C@@H]2CCCO2)c(=O)c1C(=O)Nc1ccc(O)cc1. The summed E-state index contributed by atoms with van der Waals surface area (Å²) in [6.45, 7) is 4.81.